The molecule has 0 saturated heterocycles. The fourth-order valence-electron chi connectivity index (χ4n) is 1.33. The summed E-state index contributed by atoms with van der Waals surface area (Å²) >= 11 is 0. The Labute approximate surface area is 100 Å². The maximum atomic E-state index is 11.2. The molecule has 0 fully saturated rings. The van der Waals surface area contributed by atoms with Crippen LogP contribution in [0.2, 0.25) is 0 Å². The predicted octanol–water partition coefficient (Wildman–Crippen LogP) is 2.64. The first-order valence-corrected chi connectivity index (χ1v) is 8.83. The van der Waals surface area contributed by atoms with Gasteiger partial charge in [0.05, 0.1) is 40.5 Å². The number of hydrogen-bond acceptors (Lipinski definition) is 3. The molecule has 0 heterocycles. The second kappa shape index (κ2) is 7.81. The minimum absolute atomic E-state index is 0.0895. The lowest BCUT2D eigenvalue weighted by Gasteiger charge is -2.27. The summed E-state index contributed by atoms with van der Waals surface area (Å²) in [5, 5.41) is 0. The van der Waals surface area contributed by atoms with Gasteiger partial charge in [-0.2, -0.15) is 4.67 Å². The number of ether oxygens (including phenoxy) is 1. The number of nitrogens with zero attached hydrogens (tertiary/aromatic N) is 1. The molecule has 0 unspecified atom stereocenters. The van der Waals surface area contributed by atoms with Gasteiger partial charge in [0.2, 0.25) is 0 Å². The Balaban J connectivity index is 3.94. The normalized spacial score (nSPS) is 11.6. The summed E-state index contributed by atoms with van der Waals surface area (Å²) in [6.45, 7) is 14.7. The highest BCUT2D eigenvalue weighted by Crippen LogP contribution is 2.50. The Morgan fingerprint density at radius 1 is 1.44 bits per heavy atom. The van der Waals surface area contributed by atoms with Gasteiger partial charge in [0.15, 0.2) is 0 Å². The first-order chi connectivity index (χ1) is 7.41. The Morgan fingerprint density at radius 3 is 2.50 bits per heavy atom. The van der Waals surface area contributed by atoms with Crippen LogP contribution in [-0.4, -0.2) is 50.3 Å². The van der Waals surface area contributed by atoms with Crippen LogP contribution in [0.5, 0.6) is 0 Å². The average Bonchev–Trinajstić information content (AvgIpc) is 2.15. The zero-order valence-electron chi connectivity index (χ0n) is 11.0. The van der Waals surface area contributed by atoms with E-state index < -0.39 is 7.41 Å². The van der Waals surface area contributed by atoms with Crippen LogP contribution >= 0.6 is 7.41 Å². The molecule has 0 N–H and O–H groups in total. The molecule has 3 nitrogen and oxygen atoms in total. The summed E-state index contributed by atoms with van der Waals surface area (Å²) in [6.07, 6.45) is 3.27. The molecule has 0 rings (SSSR count). The van der Waals surface area contributed by atoms with Gasteiger partial charge in [0.1, 0.15) is 6.61 Å². The van der Waals surface area contributed by atoms with E-state index in [-0.39, 0.29) is 5.97 Å². The van der Waals surface area contributed by atoms with Crippen molar-refractivity contribution >= 4 is 13.4 Å². The van der Waals surface area contributed by atoms with E-state index in [9.17, 15) is 4.79 Å². The Hall–Kier alpha value is -0.400. The zero-order chi connectivity index (χ0) is 12.6. The lowest BCUT2D eigenvalue weighted by Crippen LogP contribution is -2.27. The number of esters is 1. The molecule has 0 bridgehead atoms. The maximum absolute atomic E-state index is 11.2. The van der Waals surface area contributed by atoms with Gasteiger partial charge in [-0.1, -0.05) is 13.0 Å². The van der Waals surface area contributed by atoms with Crippen LogP contribution < -0.4 is 0 Å². The molecular weight excluding hydrogens is 221 g/mol. The Bertz CT molecular complexity index is 224. The molecule has 16 heavy (non-hydrogen) atoms. The predicted molar refractivity (Wildman–Crippen MR) is 72.3 cm³/mol. The first-order valence-electron chi connectivity index (χ1n) is 5.75. The number of carbonyl (C=O) groups excluding carboxylic acids is 1. The fraction of sp³-hybridized carbons (Fsp3) is 0.750. The van der Waals surface area contributed by atoms with Gasteiger partial charge < -0.3 is 4.74 Å². The highest BCUT2D eigenvalue weighted by Gasteiger charge is 2.27. The molecule has 0 saturated carbocycles. The second-order valence-electron chi connectivity index (χ2n) is 4.61. The van der Waals surface area contributed by atoms with Crippen molar-refractivity contribution in [3.8, 4) is 0 Å². The van der Waals surface area contributed by atoms with Gasteiger partial charge >= 0.3 is 5.97 Å². The molecule has 0 spiro atoms. The fourth-order valence-corrected chi connectivity index (χ4v) is 2.61. The summed E-state index contributed by atoms with van der Waals surface area (Å²) in [5.74, 6) is -0.0895. The van der Waals surface area contributed by atoms with E-state index >= 15 is 0 Å². The van der Waals surface area contributed by atoms with Gasteiger partial charge in [-0.25, -0.2) is 0 Å². The van der Waals surface area contributed by atoms with Crippen LogP contribution in [0.15, 0.2) is 12.7 Å². The molecule has 0 aromatic rings. The zero-order valence-corrected chi connectivity index (χ0v) is 11.9. The molecular formula is C12H25NO2P+. The SMILES string of the molecule is C=CCN(CCOC(=O)CCC)[P+](C)(C)C. The van der Waals surface area contributed by atoms with E-state index in [0.29, 0.717) is 13.0 Å². The van der Waals surface area contributed by atoms with E-state index in [1.54, 1.807) is 0 Å². The minimum Gasteiger partial charge on any atom is -0.464 e. The van der Waals surface area contributed by atoms with Crippen molar-refractivity contribution in [1.29, 1.82) is 0 Å². The highest BCUT2D eigenvalue weighted by atomic mass is 31.2. The lowest BCUT2D eigenvalue weighted by atomic mass is 10.3. The molecule has 94 valence electrons. The van der Waals surface area contributed by atoms with E-state index in [1.807, 2.05) is 13.0 Å². The minimum atomic E-state index is -1.05. The van der Waals surface area contributed by atoms with Gasteiger partial charge in [-0.05, 0) is 6.42 Å². The standard InChI is InChI=1S/C12H25NO2P/c1-6-8-12(14)15-11-10-13(9-7-2)16(3,4)5/h7H,2,6,8-11H2,1,3-5H3/q+1. The summed E-state index contributed by atoms with van der Waals surface area (Å²) in [6, 6.07) is 0. The van der Waals surface area contributed by atoms with E-state index in [1.165, 1.54) is 0 Å². The topological polar surface area (TPSA) is 29.5 Å². The molecule has 0 aliphatic carbocycles. The van der Waals surface area contributed by atoms with Crippen molar-refractivity contribution in [1.82, 2.24) is 4.67 Å². The van der Waals surface area contributed by atoms with Crippen molar-refractivity contribution in [2.75, 3.05) is 39.7 Å². The van der Waals surface area contributed by atoms with E-state index in [2.05, 4.69) is 31.2 Å². The van der Waals surface area contributed by atoms with E-state index in [0.717, 1.165) is 19.5 Å². The number of hydrogen-bond donors (Lipinski definition) is 0. The summed E-state index contributed by atoms with van der Waals surface area (Å²) < 4.78 is 7.50. The maximum Gasteiger partial charge on any atom is 0.305 e. The molecule has 0 atom stereocenters. The summed E-state index contributed by atoms with van der Waals surface area (Å²) in [5.41, 5.74) is 0. The van der Waals surface area contributed by atoms with Crippen LogP contribution in [0.4, 0.5) is 0 Å². The number of rotatable bonds is 8. The van der Waals surface area contributed by atoms with Crippen LogP contribution in [0.25, 0.3) is 0 Å². The third kappa shape index (κ3) is 6.97. The highest BCUT2D eigenvalue weighted by molar-refractivity contribution is 7.71. The van der Waals surface area contributed by atoms with Crippen LogP contribution in [0.3, 0.4) is 0 Å². The van der Waals surface area contributed by atoms with Crippen LogP contribution in [0.1, 0.15) is 19.8 Å². The van der Waals surface area contributed by atoms with Crippen LogP contribution in [0, 0.1) is 0 Å². The molecule has 0 amide bonds. The molecule has 0 aliphatic rings. The monoisotopic (exact) mass is 246 g/mol. The molecule has 4 heteroatoms. The largest absolute Gasteiger partial charge is 0.464 e. The number of carbonyl (C=O) groups is 1. The van der Waals surface area contributed by atoms with Crippen molar-refractivity contribution in [3.63, 3.8) is 0 Å². The smallest absolute Gasteiger partial charge is 0.305 e. The van der Waals surface area contributed by atoms with Crippen molar-refractivity contribution in [2.45, 2.75) is 19.8 Å². The van der Waals surface area contributed by atoms with Crippen molar-refractivity contribution < 1.29 is 9.53 Å². The van der Waals surface area contributed by atoms with Gasteiger partial charge in [-0.3, -0.25) is 4.79 Å². The van der Waals surface area contributed by atoms with Crippen molar-refractivity contribution in [3.05, 3.63) is 12.7 Å². The molecule has 0 radical (unpaired) electrons. The quantitative estimate of drug-likeness (QED) is 0.374. The third-order valence-electron chi connectivity index (χ3n) is 2.25. The molecule has 0 aromatic carbocycles. The Kier molecular flexibility index (Phi) is 7.61. The second-order valence-corrected chi connectivity index (χ2v) is 9.06. The van der Waals surface area contributed by atoms with Gasteiger partial charge in [0, 0.05) is 6.42 Å². The van der Waals surface area contributed by atoms with E-state index in [4.69, 9.17) is 4.74 Å². The molecule has 0 aliphatic heterocycles. The van der Waals surface area contributed by atoms with Crippen molar-refractivity contribution in [2.24, 2.45) is 0 Å². The lowest BCUT2D eigenvalue weighted by molar-refractivity contribution is -0.143. The van der Waals surface area contributed by atoms with Gasteiger partial charge in [0.25, 0.3) is 0 Å². The summed E-state index contributed by atoms with van der Waals surface area (Å²) in [4.78, 5) is 11.2. The Morgan fingerprint density at radius 2 is 2.06 bits per heavy atom. The van der Waals surface area contributed by atoms with Gasteiger partial charge in [-0.15, -0.1) is 6.58 Å². The molecule has 0 aromatic heterocycles. The third-order valence-corrected chi connectivity index (χ3v) is 4.32. The average molecular weight is 246 g/mol. The summed E-state index contributed by atoms with van der Waals surface area (Å²) in [7, 11) is -1.05. The first kappa shape index (κ1) is 15.6. The van der Waals surface area contributed by atoms with Crippen LogP contribution in [-0.2, 0) is 9.53 Å².